The number of rotatable bonds is 6. The number of carbonyl (C=O) groups is 3. The molecule has 7 atom stereocenters. The topological polar surface area (TPSA) is 101 Å². The fourth-order valence-corrected chi connectivity index (χ4v) is 6.59. The van der Waals surface area contributed by atoms with E-state index >= 15 is 0 Å². The minimum Gasteiger partial charge on any atom is -0.472 e. The fraction of sp³-hybridized carbons (Fsp3) is 0.708. The van der Waals surface area contributed by atoms with Crippen molar-refractivity contribution in [2.24, 2.45) is 28.6 Å². The molecule has 194 valence electrons. The molecule has 3 fully saturated rings. The van der Waals surface area contributed by atoms with Crippen molar-refractivity contribution in [2.45, 2.75) is 57.9 Å². The molecule has 2 heterocycles. The van der Waals surface area contributed by atoms with Crippen molar-refractivity contribution in [3.63, 3.8) is 0 Å². The van der Waals surface area contributed by atoms with Gasteiger partial charge in [0, 0.05) is 11.5 Å². The summed E-state index contributed by atoms with van der Waals surface area (Å²) in [5, 5.41) is 0. The highest BCUT2D eigenvalue weighted by molar-refractivity contribution is 5.92. The molecule has 1 aliphatic heterocycles. The van der Waals surface area contributed by atoms with Crippen LogP contribution in [0, 0.1) is 28.6 Å². The number of ether oxygens (including phenoxy) is 4. The summed E-state index contributed by atoms with van der Waals surface area (Å²) < 4.78 is 63.2. The van der Waals surface area contributed by atoms with Gasteiger partial charge in [-0.3, -0.25) is 14.4 Å². The van der Waals surface area contributed by atoms with Crippen molar-refractivity contribution in [3.05, 3.63) is 24.2 Å². The molecule has 7 unspecified atom stereocenters. The fourth-order valence-electron chi connectivity index (χ4n) is 6.59. The predicted molar refractivity (Wildman–Crippen MR) is 111 cm³/mol. The molecule has 8 nitrogen and oxygen atoms in total. The predicted octanol–water partition coefficient (Wildman–Crippen LogP) is 3.99. The first-order chi connectivity index (χ1) is 16.4. The third-order valence-corrected chi connectivity index (χ3v) is 8.12. The third kappa shape index (κ3) is 4.60. The van der Waals surface area contributed by atoms with Crippen LogP contribution in [0.2, 0.25) is 0 Å². The zero-order valence-electron chi connectivity index (χ0n) is 19.8. The van der Waals surface area contributed by atoms with Crippen LogP contribution < -0.4 is 0 Å². The Labute approximate surface area is 200 Å². The number of carbonyl (C=O) groups excluding carboxylic acids is 3. The first kappa shape index (κ1) is 25.7. The smallest absolute Gasteiger partial charge is 0.411 e. The van der Waals surface area contributed by atoms with E-state index in [2.05, 4.69) is 4.74 Å². The second-order valence-electron chi connectivity index (χ2n) is 10.2. The molecule has 35 heavy (non-hydrogen) atoms. The Bertz CT molecular complexity index is 960. The summed E-state index contributed by atoms with van der Waals surface area (Å²) in [7, 11) is 1.25. The SMILES string of the molecule is COC(=O)C1CC(OCOCC(F)(F)F)C(=O)C2C1(C)CCC1C(=O)OC(c3ccoc3)CC12C. The summed E-state index contributed by atoms with van der Waals surface area (Å²) >= 11 is 0. The number of ketones is 1. The van der Waals surface area contributed by atoms with Crippen LogP contribution in [0.1, 0.15) is 51.2 Å². The van der Waals surface area contributed by atoms with Crippen LogP contribution in [0.5, 0.6) is 0 Å². The quantitative estimate of drug-likeness (QED) is 0.327. The summed E-state index contributed by atoms with van der Waals surface area (Å²) in [6.07, 6.45) is -2.28. The number of cyclic esters (lactones) is 1. The largest absolute Gasteiger partial charge is 0.472 e. The molecule has 1 aromatic heterocycles. The van der Waals surface area contributed by atoms with Gasteiger partial charge in [0.05, 0.1) is 31.5 Å². The van der Waals surface area contributed by atoms with Gasteiger partial charge in [-0.05, 0) is 42.6 Å². The second-order valence-corrected chi connectivity index (χ2v) is 10.2. The Morgan fingerprint density at radius 1 is 1.23 bits per heavy atom. The molecule has 2 saturated carbocycles. The summed E-state index contributed by atoms with van der Waals surface area (Å²) in [4.78, 5) is 39.8. The monoisotopic (exact) mass is 502 g/mol. The zero-order valence-corrected chi connectivity index (χ0v) is 19.8. The van der Waals surface area contributed by atoms with Gasteiger partial charge in [-0.2, -0.15) is 13.2 Å². The van der Waals surface area contributed by atoms with Gasteiger partial charge in [0.2, 0.25) is 0 Å². The molecule has 4 rings (SSSR count). The Morgan fingerprint density at radius 3 is 2.60 bits per heavy atom. The summed E-state index contributed by atoms with van der Waals surface area (Å²) in [6.45, 7) is 1.42. The number of esters is 2. The van der Waals surface area contributed by atoms with E-state index in [-0.39, 0.29) is 12.2 Å². The van der Waals surface area contributed by atoms with Gasteiger partial charge >= 0.3 is 18.1 Å². The van der Waals surface area contributed by atoms with E-state index in [0.29, 0.717) is 24.8 Å². The highest BCUT2D eigenvalue weighted by atomic mass is 19.4. The molecule has 3 aliphatic rings. The summed E-state index contributed by atoms with van der Waals surface area (Å²) in [5.74, 6) is -3.41. The van der Waals surface area contributed by atoms with Gasteiger partial charge in [-0.1, -0.05) is 13.8 Å². The van der Waals surface area contributed by atoms with E-state index in [0.717, 1.165) is 0 Å². The lowest BCUT2D eigenvalue weighted by Crippen LogP contribution is -2.64. The maximum atomic E-state index is 13.8. The van der Waals surface area contributed by atoms with Crippen molar-refractivity contribution in [2.75, 3.05) is 20.5 Å². The lowest BCUT2D eigenvalue weighted by molar-refractivity contribution is -0.222. The molecule has 0 spiro atoms. The Hall–Kier alpha value is -2.40. The number of furan rings is 1. The Balaban J connectivity index is 1.66. The number of hydrogen-bond donors (Lipinski definition) is 0. The van der Waals surface area contributed by atoms with Crippen molar-refractivity contribution in [3.8, 4) is 0 Å². The van der Waals surface area contributed by atoms with Gasteiger partial charge in [0.15, 0.2) is 5.78 Å². The average molecular weight is 502 g/mol. The van der Waals surface area contributed by atoms with Gasteiger partial charge in [-0.15, -0.1) is 0 Å². The number of alkyl halides is 3. The lowest BCUT2D eigenvalue weighted by Gasteiger charge is -2.61. The molecule has 0 radical (unpaired) electrons. The first-order valence-electron chi connectivity index (χ1n) is 11.5. The van der Waals surface area contributed by atoms with Crippen LogP contribution in [-0.4, -0.2) is 50.5 Å². The number of halogens is 3. The summed E-state index contributed by atoms with van der Waals surface area (Å²) in [5.41, 5.74) is -1.06. The molecule has 2 aliphatic carbocycles. The van der Waals surface area contributed by atoms with Crippen molar-refractivity contribution in [1.82, 2.24) is 0 Å². The molecule has 1 saturated heterocycles. The normalized spacial score (nSPS) is 37.3. The molecule has 0 bridgehead atoms. The Morgan fingerprint density at radius 2 is 1.97 bits per heavy atom. The Kier molecular flexibility index (Phi) is 6.78. The van der Waals surface area contributed by atoms with E-state index in [1.807, 2.05) is 13.8 Å². The van der Waals surface area contributed by atoms with E-state index < -0.39 is 72.3 Å². The minimum atomic E-state index is -4.54. The number of methoxy groups -OCH3 is 1. The van der Waals surface area contributed by atoms with Gasteiger partial charge in [-0.25, -0.2) is 0 Å². The molecule has 0 amide bonds. The third-order valence-electron chi connectivity index (χ3n) is 8.12. The first-order valence-corrected chi connectivity index (χ1v) is 11.5. The van der Waals surface area contributed by atoms with Crippen molar-refractivity contribution >= 4 is 17.7 Å². The van der Waals surface area contributed by atoms with Crippen LogP contribution in [-0.2, 0) is 33.3 Å². The number of fused-ring (bicyclic) bond motifs is 3. The molecular formula is C24H29F3O8. The maximum Gasteiger partial charge on any atom is 0.411 e. The maximum absolute atomic E-state index is 13.8. The zero-order chi connectivity index (χ0) is 25.6. The van der Waals surface area contributed by atoms with Crippen LogP contribution in [0.15, 0.2) is 23.0 Å². The molecule has 0 aromatic carbocycles. The lowest BCUT2D eigenvalue weighted by atomic mass is 9.43. The van der Waals surface area contributed by atoms with Gasteiger partial charge in [0.1, 0.15) is 25.6 Å². The van der Waals surface area contributed by atoms with Crippen molar-refractivity contribution in [1.29, 1.82) is 0 Å². The van der Waals surface area contributed by atoms with E-state index in [9.17, 15) is 27.6 Å². The number of hydrogen-bond acceptors (Lipinski definition) is 8. The van der Waals surface area contributed by atoms with E-state index in [1.165, 1.54) is 19.6 Å². The van der Waals surface area contributed by atoms with Crippen LogP contribution in [0.25, 0.3) is 0 Å². The molecule has 0 N–H and O–H groups in total. The van der Waals surface area contributed by atoms with Crippen LogP contribution in [0.4, 0.5) is 13.2 Å². The van der Waals surface area contributed by atoms with Crippen LogP contribution >= 0.6 is 0 Å². The highest BCUT2D eigenvalue weighted by Gasteiger charge is 2.67. The molecule has 1 aromatic rings. The minimum absolute atomic E-state index is 0.0375. The molecular weight excluding hydrogens is 473 g/mol. The average Bonchev–Trinajstić information content (AvgIpc) is 3.31. The van der Waals surface area contributed by atoms with Crippen molar-refractivity contribution < 1.29 is 50.9 Å². The second kappa shape index (κ2) is 9.24. The standard InChI is InChI=1S/C24H29F3O8/c1-22-6-4-14-21(30)35-17(13-5-7-32-10-13)9-23(14,2)19(22)18(28)16(8-15(22)20(29)31-3)34-12-33-11-24(25,26)27/h5,7,10,14-17,19H,4,6,8-9,11-12H2,1-3H3. The van der Waals surface area contributed by atoms with E-state index in [4.69, 9.17) is 18.6 Å². The summed E-state index contributed by atoms with van der Waals surface area (Å²) in [6, 6.07) is 1.69. The molecule has 11 heteroatoms. The van der Waals surface area contributed by atoms with Gasteiger partial charge in [0.25, 0.3) is 0 Å². The van der Waals surface area contributed by atoms with E-state index in [1.54, 1.807) is 6.07 Å². The van der Waals surface area contributed by atoms with Gasteiger partial charge < -0.3 is 23.4 Å². The number of Topliss-reactive ketones (excluding diaryl/α,β-unsaturated/α-hetero) is 1. The van der Waals surface area contributed by atoms with Crippen LogP contribution in [0.3, 0.4) is 0 Å². The highest BCUT2D eigenvalue weighted by Crippen LogP contribution is 2.65.